The van der Waals surface area contributed by atoms with Gasteiger partial charge in [0.2, 0.25) is 0 Å². The Balaban J connectivity index is 2.01. The molecular formula is C17H21ClN2S. The summed E-state index contributed by atoms with van der Waals surface area (Å²) in [4.78, 5) is 3.95. The lowest BCUT2D eigenvalue weighted by Crippen LogP contribution is -2.34. The summed E-state index contributed by atoms with van der Waals surface area (Å²) in [6.07, 6.45) is 1.95. The second-order valence-corrected chi connectivity index (χ2v) is 7.26. The van der Waals surface area contributed by atoms with E-state index >= 15 is 0 Å². The number of nitrogens with zero attached hydrogens (tertiary/aromatic N) is 1. The predicted octanol–water partition coefficient (Wildman–Crippen LogP) is 4.41. The molecule has 0 spiro atoms. The van der Waals surface area contributed by atoms with Crippen molar-refractivity contribution in [2.45, 2.75) is 38.8 Å². The van der Waals surface area contributed by atoms with E-state index < -0.39 is 0 Å². The first-order chi connectivity index (χ1) is 10.1. The summed E-state index contributed by atoms with van der Waals surface area (Å²) in [7, 11) is 0. The number of rotatable bonds is 3. The van der Waals surface area contributed by atoms with Gasteiger partial charge >= 0.3 is 0 Å². The molecule has 0 saturated heterocycles. The maximum absolute atomic E-state index is 6.53. The molecule has 2 aromatic rings. The van der Waals surface area contributed by atoms with Crippen LogP contribution in [0.3, 0.4) is 0 Å². The van der Waals surface area contributed by atoms with Gasteiger partial charge in [0.1, 0.15) is 0 Å². The zero-order chi connectivity index (χ0) is 15.0. The van der Waals surface area contributed by atoms with Gasteiger partial charge in [-0.05, 0) is 55.3 Å². The first kappa shape index (κ1) is 14.9. The molecule has 1 aromatic heterocycles. The fourth-order valence-electron chi connectivity index (χ4n) is 3.21. The van der Waals surface area contributed by atoms with Gasteiger partial charge in [-0.25, -0.2) is 0 Å². The van der Waals surface area contributed by atoms with E-state index in [-0.39, 0.29) is 6.04 Å². The lowest BCUT2D eigenvalue weighted by atomic mass is 9.97. The highest BCUT2D eigenvalue weighted by Crippen LogP contribution is 2.40. The second-order valence-electron chi connectivity index (χ2n) is 5.85. The van der Waals surface area contributed by atoms with Crippen LogP contribution < -0.4 is 10.6 Å². The van der Waals surface area contributed by atoms with E-state index in [2.05, 4.69) is 29.3 Å². The molecule has 2 heterocycles. The summed E-state index contributed by atoms with van der Waals surface area (Å²) in [6, 6.07) is 8.91. The number of nitrogens with two attached hydrogens (primary N) is 1. The average Bonchev–Trinajstić information content (AvgIpc) is 2.89. The van der Waals surface area contributed by atoms with Crippen molar-refractivity contribution in [3.8, 4) is 0 Å². The summed E-state index contributed by atoms with van der Waals surface area (Å²) < 4.78 is 0. The Morgan fingerprint density at radius 1 is 1.43 bits per heavy atom. The van der Waals surface area contributed by atoms with Crippen LogP contribution in [-0.4, -0.2) is 12.6 Å². The minimum atomic E-state index is 0.138. The molecule has 4 heteroatoms. The number of anilines is 1. The van der Waals surface area contributed by atoms with Crippen LogP contribution in [0.25, 0.3) is 0 Å². The van der Waals surface area contributed by atoms with Gasteiger partial charge in [0.05, 0.1) is 16.8 Å². The van der Waals surface area contributed by atoms with Crippen LogP contribution >= 0.6 is 22.9 Å². The topological polar surface area (TPSA) is 29.3 Å². The number of hydrogen-bond donors (Lipinski definition) is 1. The lowest BCUT2D eigenvalue weighted by molar-refractivity contribution is 0.626. The lowest BCUT2D eigenvalue weighted by Gasteiger charge is -2.37. The molecule has 2 nitrogen and oxygen atoms in total. The van der Waals surface area contributed by atoms with E-state index in [1.165, 1.54) is 21.7 Å². The second kappa shape index (κ2) is 5.99. The summed E-state index contributed by atoms with van der Waals surface area (Å²) in [5, 5.41) is 3.03. The summed E-state index contributed by atoms with van der Waals surface area (Å²) in [5.41, 5.74) is 9.87. The number of para-hydroxylation sites is 1. The van der Waals surface area contributed by atoms with Crippen molar-refractivity contribution in [2.75, 3.05) is 11.4 Å². The zero-order valence-corrected chi connectivity index (χ0v) is 14.0. The van der Waals surface area contributed by atoms with Gasteiger partial charge in [-0.1, -0.05) is 23.7 Å². The Labute approximate surface area is 135 Å². The number of thiophene rings is 1. The van der Waals surface area contributed by atoms with Gasteiger partial charge in [0.25, 0.3) is 0 Å². The highest BCUT2D eigenvalue weighted by atomic mass is 35.5. The fraction of sp³-hybridized carbons (Fsp3) is 0.412. The Hall–Kier alpha value is -1.03. The average molecular weight is 321 g/mol. The van der Waals surface area contributed by atoms with Crippen molar-refractivity contribution in [1.29, 1.82) is 0 Å². The zero-order valence-electron chi connectivity index (χ0n) is 12.5. The summed E-state index contributed by atoms with van der Waals surface area (Å²) in [5.74, 6) is 0. The normalized spacial score (nSPS) is 19.4. The van der Waals surface area contributed by atoms with Crippen LogP contribution in [0.5, 0.6) is 0 Å². The molecule has 0 amide bonds. The van der Waals surface area contributed by atoms with Gasteiger partial charge < -0.3 is 10.6 Å². The van der Waals surface area contributed by atoms with Crippen LogP contribution in [0.1, 0.15) is 35.9 Å². The van der Waals surface area contributed by atoms with E-state index in [1.54, 1.807) is 0 Å². The van der Waals surface area contributed by atoms with E-state index in [9.17, 15) is 0 Å². The molecule has 3 rings (SSSR count). The molecule has 112 valence electrons. The molecule has 1 aromatic carbocycles. The Bertz CT molecular complexity index is 635. The molecule has 21 heavy (non-hydrogen) atoms. The van der Waals surface area contributed by atoms with Crippen LogP contribution in [0, 0.1) is 0 Å². The molecule has 0 aliphatic carbocycles. The highest BCUT2D eigenvalue weighted by molar-refractivity contribution is 7.10. The number of fused-ring (bicyclic) bond motifs is 1. The summed E-state index contributed by atoms with van der Waals surface area (Å²) in [6.45, 7) is 5.33. The van der Waals surface area contributed by atoms with Crippen LogP contribution in [0.4, 0.5) is 5.69 Å². The molecule has 1 aliphatic rings. The van der Waals surface area contributed by atoms with Crippen LogP contribution in [0.2, 0.25) is 5.02 Å². The molecule has 0 radical (unpaired) electrons. The molecule has 2 atom stereocenters. The molecule has 0 fully saturated rings. The smallest absolute Gasteiger partial charge is 0.0642 e. The van der Waals surface area contributed by atoms with Crippen molar-refractivity contribution in [2.24, 2.45) is 5.73 Å². The van der Waals surface area contributed by atoms with Crippen molar-refractivity contribution in [3.63, 3.8) is 0 Å². The van der Waals surface area contributed by atoms with E-state index in [1.807, 2.05) is 30.4 Å². The van der Waals surface area contributed by atoms with Gasteiger partial charge in [0, 0.05) is 17.5 Å². The Morgan fingerprint density at radius 2 is 2.24 bits per heavy atom. The minimum Gasteiger partial charge on any atom is -0.363 e. The van der Waals surface area contributed by atoms with Gasteiger partial charge in [0.15, 0.2) is 0 Å². The fourth-order valence-corrected chi connectivity index (χ4v) is 4.47. The Morgan fingerprint density at radius 3 is 3.00 bits per heavy atom. The number of hydrogen-bond acceptors (Lipinski definition) is 3. The van der Waals surface area contributed by atoms with Gasteiger partial charge in [-0.15, -0.1) is 11.3 Å². The van der Waals surface area contributed by atoms with E-state index in [0.29, 0.717) is 6.04 Å². The number of halogens is 1. The third-order valence-electron chi connectivity index (χ3n) is 4.18. The van der Waals surface area contributed by atoms with E-state index in [4.69, 9.17) is 17.3 Å². The molecule has 1 aliphatic heterocycles. The first-order valence-electron chi connectivity index (χ1n) is 7.43. The SMILES string of the molecule is CC(N)Cc1cccc(Cl)c1N1CCc2sccc2C1C. The van der Waals surface area contributed by atoms with Crippen molar-refractivity contribution < 1.29 is 0 Å². The molecule has 0 saturated carbocycles. The molecule has 0 bridgehead atoms. The predicted molar refractivity (Wildman–Crippen MR) is 92.6 cm³/mol. The van der Waals surface area contributed by atoms with Crippen molar-refractivity contribution in [3.05, 3.63) is 50.7 Å². The van der Waals surface area contributed by atoms with Crippen LogP contribution in [-0.2, 0) is 12.8 Å². The first-order valence-corrected chi connectivity index (χ1v) is 8.69. The van der Waals surface area contributed by atoms with Gasteiger partial charge in [-0.2, -0.15) is 0 Å². The van der Waals surface area contributed by atoms with Gasteiger partial charge in [-0.3, -0.25) is 0 Å². The maximum Gasteiger partial charge on any atom is 0.0642 e. The minimum absolute atomic E-state index is 0.138. The highest BCUT2D eigenvalue weighted by Gasteiger charge is 2.27. The standard InChI is InChI=1S/C17H21ClN2S/c1-11(19)10-13-4-3-5-15(18)17(13)20-8-6-16-14(12(20)2)7-9-21-16/h3-5,7,9,11-12H,6,8,10,19H2,1-2H3. The summed E-state index contributed by atoms with van der Waals surface area (Å²) >= 11 is 8.40. The molecular weight excluding hydrogens is 300 g/mol. The van der Waals surface area contributed by atoms with Crippen molar-refractivity contribution in [1.82, 2.24) is 0 Å². The van der Waals surface area contributed by atoms with Crippen LogP contribution in [0.15, 0.2) is 29.6 Å². The largest absolute Gasteiger partial charge is 0.363 e. The molecule has 2 N–H and O–H groups in total. The quantitative estimate of drug-likeness (QED) is 0.907. The number of benzene rings is 1. The monoisotopic (exact) mass is 320 g/mol. The van der Waals surface area contributed by atoms with E-state index in [0.717, 1.165) is 24.4 Å². The van der Waals surface area contributed by atoms with Crippen molar-refractivity contribution >= 4 is 28.6 Å². The molecule has 2 unspecified atom stereocenters. The Kier molecular flexibility index (Phi) is 4.25. The third-order valence-corrected chi connectivity index (χ3v) is 5.48. The maximum atomic E-state index is 6.53. The third kappa shape index (κ3) is 2.83.